The normalized spacial score (nSPS) is 10.2. The summed E-state index contributed by atoms with van der Waals surface area (Å²) >= 11 is 6.76. The number of halogens is 2. The number of carbonyl (C=O) groups excluding carboxylic acids is 2. The van der Waals surface area contributed by atoms with Gasteiger partial charge >= 0.3 is 0 Å². The van der Waals surface area contributed by atoms with Crippen molar-refractivity contribution in [3.8, 4) is 0 Å². The maximum atomic E-state index is 11.9. The van der Waals surface area contributed by atoms with Crippen LogP contribution in [0, 0.1) is 0 Å². The molecule has 120 valence electrons. The molecule has 2 N–H and O–H groups in total. The van der Waals surface area contributed by atoms with E-state index in [-0.39, 0.29) is 11.8 Å². The molecule has 0 aliphatic carbocycles. The highest BCUT2D eigenvalue weighted by Gasteiger charge is 2.07. The van der Waals surface area contributed by atoms with Crippen LogP contribution in [-0.2, 0) is 4.79 Å². The average Bonchev–Trinajstić information content (AvgIpc) is 2.55. The first-order valence-corrected chi connectivity index (χ1v) is 8.73. The minimum Gasteiger partial charge on any atom is -0.352 e. The van der Waals surface area contributed by atoms with E-state index in [4.69, 9.17) is 0 Å². The standard InChI is InChI=1S/C17H16Br2N2O2/c18-13-8-9-14(19)15(11-13)21-16(22)7-4-10-20-17(23)12-5-2-1-3-6-12/h1-3,5-6,8-9,11H,4,7,10H2,(H,20,23)(H,21,22). The van der Waals surface area contributed by atoms with Gasteiger partial charge in [0.25, 0.3) is 5.91 Å². The van der Waals surface area contributed by atoms with Crippen molar-refractivity contribution in [3.05, 3.63) is 63.0 Å². The molecular formula is C17H16Br2N2O2. The van der Waals surface area contributed by atoms with Crippen molar-refractivity contribution in [2.75, 3.05) is 11.9 Å². The summed E-state index contributed by atoms with van der Waals surface area (Å²) < 4.78 is 1.72. The third kappa shape index (κ3) is 5.80. The van der Waals surface area contributed by atoms with Crippen LogP contribution >= 0.6 is 31.9 Å². The summed E-state index contributed by atoms with van der Waals surface area (Å²) in [5.74, 6) is -0.210. The summed E-state index contributed by atoms with van der Waals surface area (Å²) in [6.45, 7) is 0.459. The third-order valence-corrected chi connectivity index (χ3v) is 4.29. The molecule has 0 aliphatic heterocycles. The Bertz CT molecular complexity index is 690. The van der Waals surface area contributed by atoms with Gasteiger partial charge < -0.3 is 10.6 Å². The van der Waals surface area contributed by atoms with Crippen LogP contribution in [-0.4, -0.2) is 18.4 Å². The van der Waals surface area contributed by atoms with Crippen molar-refractivity contribution in [2.24, 2.45) is 0 Å². The lowest BCUT2D eigenvalue weighted by Gasteiger charge is -2.08. The molecule has 2 rings (SSSR count). The molecule has 0 unspecified atom stereocenters. The number of hydrogen-bond acceptors (Lipinski definition) is 2. The third-order valence-electron chi connectivity index (χ3n) is 3.10. The van der Waals surface area contributed by atoms with E-state index < -0.39 is 0 Å². The number of benzene rings is 2. The summed E-state index contributed by atoms with van der Waals surface area (Å²) in [6, 6.07) is 14.6. The molecule has 0 heterocycles. The highest BCUT2D eigenvalue weighted by Crippen LogP contribution is 2.26. The van der Waals surface area contributed by atoms with E-state index in [1.54, 1.807) is 12.1 Å². The van der Waals surface area contributed by atoms with Gasteiger partial charge in [-0.3, -0.25) is 9.59 Å². The predicted octanol–water partition coefficient (Wildman–Crippen LogP) is 4.36. The molecule has 0 aromatic heterocycles. The maximum absolute atomic E-state index is 11.9. The monoisotopic (exact) mass is 438 g/mol. The van der Waals surface area contributed by atoms with Gasteiger partial charge in [-0.1, -0.05) is 34.1 Å². The first-order valence-electron chi connectivity index (χ1n) is 7.14. The Morgan fingerprint density at radius 2 is 1.74 bits per heavy atom. The Morgan fingerprint density at radius 3 is 2.48 bits per heavy atom. The Labute approximate surface area is 151 Å². The van der Waals surface area contributed by atoms with Gasteiger partial charge in [0.05, 0.1) is 5.69 Å². The zero-order valence-corrected chi connectivity index (χ0v) is 15.5. The summed E-state index contributed by atoms with van der Waals surface area (Å²) in [4.78, 5) is 23.8. The molecule has 4 nitrogen and oxygen atoms in total. The fourth-order valence-corrected chi connectivity index (χ4v) is 2.66. The predicted molar refractivity (Wildman–Crippen MR) is 98.5 cm³/mol. The summed E-state index contributed by atoms with van der Waals surface area (Å²) in [6.07, 6.45) is 0.921. The van der Waals surface area contributed by atoms with E-state index in [9.17, 15) is 9.59 Å². The van der Waals surface area contributed by atoms with Crippen LogP contribution < -0.4 is 10.6 Å². The lowest BCUT2D eigenvalue weighted by molar-refractivity contribution is -0.116. The van der Waals surface area contributed by atoms with Crippen molar-refractivity contribution in [3.63, 3.8) is 0 Å². The van der Waals surface area contributed by atoms with E-state index in [1.807, 2.05) is 36.4 Å². The van der Waals surface area contributed by atoms with Crippen LogP contribution in [0.2, 0.25) is 0 Å². The number of amides is 2. The zero-order valence-electron chi connectivity index (χ0n) is 12.3. The van der Waals surface area contributed by atoms with Gasteiger partial charge in [0.15, 0.2) is 0 Å². The summed E-state index contributed by atoms with van der Waals surface area (Å²) in [5.41, 5.74) is 1.34. The highest BCUT2D eigenvalue weighted by atomic mass is 79.9. The molecule has 6 heteroatoms. The number of anilines is 1. The highest BCUT2D eigenvalue weighted by molar-refractivity contribution is 9.11. The van der Waals surface area contributed by atoms with Crippen LogP contribution in [0.5, 0.6) is 0 Å². The van der Waals surface area contributed by atoms with Crippen molar-refractivity contribution in [2.45, 2.75) is 12.8 Å². The first kappa shape index (κ1) is 17.7. The van der Waals surface area contributed by atoms with Crippen LogP contribution in [0.15, 0.2) is 57.5 Å². The Morgan fingerprint density at radius 1 is 1.00 bits per heavy atom. The number of nitrogens with one attached hydrogen (secondary N) is 2. The summed E-state index contributed by atoms with van der Waals surface area (Å²) in [7, 11) is 0. The second kappa shape index (κ2) is 8.84. The lowest BCUT2D eigenvalue weighted by atomic mass is 10.2. The molecule has 2 aromatic carbocycles. The largest absolute Gasteiger partial charge is 0.352 e. The molecule has 0 radical (unpaired) electrons. The van der Waals surface area contributed by atoms with Crippen molar-refractivity contribution >= 4 is 49.4 Å². The van der Waals surface area contributed by atoms with Crippen molar-refractivity contribution in [1.82, 2.24) is 5.32 Å². The van der Waals surface area contributed by atoms with E-state index in [2.05, 4.69) is 42.5 Å². The lowest BCUT2D eigenvalue weighted by Crippen LogP contribution is -2.25. The van der Waals surface area contributed by atoms with Gasteiger partial charge in [-0.15, -0.1) is 0 Å². The minimum atomic E-state index is -0.124. The molecule has 0 atom stereocenters. The van der Waals surface area contributed by atoms with Crippen LogP contribution in [0.25, 0.3) is 0 Å². The second-order valence-corrected chi connectivity index (χ2v) is 6.67. The molecule has 2 amide bonds. The molecule has 2 aromatic rings. The van der Waals surface area contributed by atoms with Gasteiger partial charge in [-0.25, -0.2) is 0 Å². The van der Waals surface area contributed by atoms with E-state index in [0.717, 1.165) is 14.6 Å². The van der Waals surface area contributed by atoms with Gasteiger partial charge in [-0.2, -0.15) is 0 Å². The SMILES string of the molecule is O=C(CCCNC(=O)c1ccccc1)Nc1cc(Br)ccc1Br. The maximum Gasteiger partial charge on any atom is 0.251 e. The topological polar surface area (TPSA) is 58.2 Å². The fourth-order valence-electron chi connectivity index (χ4n) is 1.95. The van der Waals surface area contributed by atoms with Gasteiger partial charge in [-0.05, 0) is 52.7 Å². The molecule has 0 aliphatic rings. The van der Waals surface area contributed by atoms with Gasteiger partial charge in [0, 0.05) is 27.5 Å². The minimum absolute atomic E-state index is 0.0854. The molecular weight excluding hydrogens is 424 g/mol. The van der Waals surface area contributed by atoms with Crippen molar-refractivity contribution in [1.29, 1.82) is 0 Å². The number of rotatable bonds is 6. The second-order valence-electron chi connectivity index (χ2n) is 4.90. The Kier molecular flexibility index (Phi) is 6.80. The fraction of sp³-hybridized carbons (Fsp3) is 0.176. The molecule has 23 heavy (non-hydrogen) atoms. The zero-order chi connectivity index (χ0) is 16.7. The van der Waals surface area contributed by atoms with Gasteiger partial charge in [0.2, 0.25) is 5.91 Å². The Hall–Kier alpha value is -1.66. The van der Waals surface area contributed by atoms with E-state index in [0.29, 0.717) is 24.9 Å². The first-order chi connectivity index (χ1) is 11.1. The Balaban J connectivity index is 1.73. The quantitative estimate of drug-likeness (QED) is 0.657. The van der Waals surface area contributed by atoms with Crippen LogP contribution in [0.3, 0.4) is 0 Å². The van der Waals surface area contributed by atoms with Crippen LogP contribution in [0.4, 0.5) is 5.69 Å². The number of hydrogen-bond donors (Lipinski definition) is 2. The van der Waals surface area contributed by atoms with E-state index >= 15 is 0 Å². The van der Waals surface area contributed by atoms with Gasteiger partial charge in [0.1, 0.15) is 0 Å². The molecule has 0 saturated carbocycles. The number of carbonyl (C=O) groups is 2. The molecule has 0 fully saturated rings. The molecule has 0 spiro atoms. The molecule has 0 saturated heterocycles. The van der Waals surface area contributed by atoms with Crippen LogP contribution in [0.1, 0.15) is 23.2 Å². The summed E-state index contributed by atoms with van der Waals surface area (Å²) in [5, 5.41) is 5.65. The van der Waals surface area contributed by atoms with Crippen molar-refractivity contribution < 1.29 is 9.59 Å². The average molecular weight is 440 g/mol. The van der Waals surface area contributed by atoms with E-state index in [1.165, 1.54) is 0 Å². The smallest absolute Gasteiger partial charge is 0.251 e. The molecule has 0 bridgehead atoms.